The first-order valence-electron chi connectivity index (χ1n) is 10.3. The standard InChI is InChI=1S/C24H29N3O3/c1-4-19-7-5-6-8-21(19)25-22(28)16-26(3)24(30)20-13-23(29)27(15-20)14-18-11-9-17(2)10-12-18/h5-12,20H,4,13-16H2,1-3H3,(H,25,28)/t20-/m0/s1. The van der Waals surface area contributed by atoms with Crippen LogP contribution in [-0.2, 0) is 27.3 Å². The van der Waals surface area contributed by atoms with Gasteiger partial charge in [-0.05, 0) is 30.5 Å². The van der Waals surface area contributed by atoms with Crippen molar-refractivity contribution in [1.29, 1.82) is 0 Å². The lowest BCUT2D eigenvalue weighted by atomic mass is 10.1. The fourth-order valence-electron chi connectivity index (χ4n) is 3.75. The van der Waals surface area contributed by atoms with Gasteiger partial charge in [-0.2, -0.15) is 0 Å². The second-order valence-corrected chi connectivity index (χ2v) is 7.91. The minimum atomic E-state index is -0.413. The summed E-state index contributed by atoms with van der Waals surface area (Å²) >= 11 is 0. The number of para-hydroxylation sites is 1. The Morgan fingerprint density at radius 3 is 2.53 bits per heavy atom. The van der Waals surface area contributed by atoms with Crippen molar-refractivity contribution >= 4 is 23.4 Å². The van der Waals surface area contributed by atoms with Gasteiger partial charge in [0.2, 0.25) is 17.7 Å². The van der Waals surface area contributed by atoms with Gasteiger partial charge < -0.3 is 15.1 Å². The molecular weight excluding hydrogens is 378 g/mol. The fourth-order valence-corrected chi connectivity index (χ4v) is 3.75. The molecule has 3 amide bonds. The van der Waals surface area contributed by atoms with Crippen molar-refractivity contribution in [2.75, 3.05) is 25.5 Å². The van der Waals surface area contributed by atoms with E-state index in [4.69, 9.17) is 0 Å². The Morgan fingerprint density at radius 1 is 1.13 bits per heavy atom. The lowest BCUT2D eigenvalue weighted by Gasteiger charge is -2.21. The summed E-state index contributed by atoms with van der Waals surface area (Å²) in [6, 6.07) is 15.7. The number of aryl methyl sites for hydroxylation is 2. The molecule has 1 saturated heterocycles. The van der Waals surface area contributed by atoms with Crippen molar-refractivity contribution < 1.29 is 14.4 Å². The minimum Gasteiger partial charge on any atom is -0.338 e. The Balaban J connectivity index is 1.54. The third-order valence-electron chi connectivity index (χ3n) is 5.49. The zero-order chi connectivity index (χ0) is 21.7. The maximum Gasteiger partial charge on any atom is 0.243 e. The van der Waals surface area contributed by atoms with Crippen LogP contribution < -0.4 is 5.32 Å². The van der Waals surface area contributed by atoms with Crippen LogP contribution in [0.25, 0.3) is 0 Å². The molecule has 0 aliphatic carbocycles. The van der Waals surface area contributed by atoms with E-state index in [1.54, 1.807) is 11.9 Å². The molecule has 0 unspecified atom stereocenters. The normalized spacial score (nSPS) is 15.9. The molecule has 0 saturated carbocycles. The largest absolute Gasteiger partial charge is 0.338 e. The van der Waals surface area contributed by atoms with Gasteiger partial charge >= 0.3 is 0 Å². The maximum atomic E-state index is 12.8. The number of carbonyl (C=O) groups excluding carboxylic acids is 3. The third kappa shape index (κ3) is 5.26. The number of rotatable bonds is 7. The first-order valence-corrected chi connectivity index (χ1v) is 10.3. The summed E-state index contributed by atoms with van der Waals surface area (Å²) in [6.07, 6.45) is 1.00. The summed E-state index contributed by atoms with van der Waals surface area (Å²) in [6.45, 7) is 4.89. The van der Waals surface area contributed by atoms with E-state index in [0.717, 1.165) is 23.2 Å². The quantitative estimate of drug-likeness (QED) is 0.767. The number of benzene rings is 2. The van der Waals surface area contributed by atoms with Crippen LogP contribution in [0.1, 0.15) is 30.0 Å². The molecule has 1 atom stereocenters. The van der Waals surface area contributed by atoms with Crippen LogP contribution in [0.5, 0.6) is 0 Å². The monoisotopic (exact) mass is 407 g/mol. The fraction of sp³-hybridized carbons (Fsp3) is 0.375. The van der Waals surface area contributed by atoms with Crippen LogP contribution >= 0.6 is 0 Å². The van der Waals surface area contributed by atoms with Gasteiger partial charge in [0.25, 0.3) is 0 Å². The summed E-state index contributed by atoms with van der Waals surface area (Å²) in [5, 5.41) is 2.88. The zero-order valence-electron chi connectivity index (χ0n) is 17.9. The number of hydrogen-bond donors (Lipinski definition) is 1. The molecule has 1 aliphatic heterocycles. The van der Waals surface area contributed by atoms with Gasteiger partial charge in [-0.15, -0.1) is 0 Å². The number of amides is 3. The molecule has 158 valence electrons. The number of likely N-dealkylation sites (N-methyl/N-ethyl adjacent to an activating group) is 1. The summed E-state index contributed by atoms with van der Waals surface area (Å²) in [4.78, 5) is 40.8. The van der Waals surface area contributed by atoms with Crippen LogP contribution in [0.2, 0.25) is 0 Å². The van der Waals surface area contributed by atoms with Crippen molar-refractivity contribution in [3.05, 3.63) is 65.2 Å². The van der Waals surface area contributed by atoms with Crippen molar-refractivity contribution in [2.45, 2.75) is 33.2 Å². The van der Waals surface area contributed by atoms with Gasteiger partial charge in [-0.1, -0.05) is 55.0 Å². The molecule has 3 rings (SSSR count). The number of hydrogen-bond acceptors (Lipinski definition) is 3. The van der Waals surface area contributed by atoms with E-state index >= 15 is 0 Å². The highest BCUT2D eigenvalue weighted by molar-refractivity contribution is 5.96. The number of nitrogens with zero attached hydrogens (tertiary/aromatic N) is 2. The molecule has 6 heteroatoms. The average Bonchev–Trinajstić information content (AvgIpc) is 3.09. The molecule has 1 heterocycles. The van der Waals surface area contributed by atoms with E-state index in [0.29, 0.717) is 13.1 Å². The molecule has 0 radical (unpaired) electrons. The van der Waals surface area contributed by atoms with Crippen molar-refractivity contribution in [2.24, 2.45) is 5.92 Å². The van der Waals surface area contributed by atoms with Crippen molar-refractivity contribution in [3.8, 4) is 0 Å². The molecule has 1 fully saturated rings. The maximum absolute atomic E-state index is 12.8. The molecule has 1 aliphatic rings. The highest BCUT2D eigenvalue weighted by Crippen LogP contribution is 2.22. The lowest BCUT2D eigenvalue weighted by molar-refractivity contribution is -0.137. The van der Waals surface area contributed by atoms with Crippen LogP contribution in [-0.4, -0.2) is 47.7 Å². The molecule has 6 nitrogen and oxygen atoms in total. The predicted octanol–water partition coefficient (Wildman–Crippen LogP) is 3.00. The molecule has 2 aromatic carbocycles. The van der Waals surface area contributed by atoms with Gasteiger partial charge in [0.1, 0.15) is 0 Å². The Kier molecular flexibility index (Phi) is 6.87. The topological polar surface area (TPSA) is 69.7 Å². The number of nitrogens with one attached hydrogen (secondary N) is 1. The third-order valence-corrected chi connectivity index (χ3v) is 5.49. The number of anilines is 1. The summed E-state index contributed by atoms with van der Waals surface area (Å²) in [5.74, 6) is -0.853. The van der Waals surface area contributed by atoms with Crippen LogP contribution in [0, 0.1) is 12.8 Å². The van der Waals surface area contributed by atoms with Crippen LogP contribution in [0.15, 0.2) is 48.5 Å². The SMILES string of the molecule is CCc1ccccc1NC(=O)CN(C)C(=O)[C@H]1CC(=O)N(Cc2ccc(C)cc2)C1. The van der Waals surface area contributed by atoms with Crippen molar-refractivity contribution in [1.82, 2.24) is 9.80 Å². The Bertz CT molecular complexity index is 924. The molecule has 1 N–H and O–H groups in total. The Hall–Kier alpha value is -3.15. The predicted molar refractivity (Wildman–Crippen MR) is 117 cm³/mol. The van der Waals surface area contributed by atoms with Gasteiger partial charge in [0, 0.05) is 32.2 Å². The molecule has 0 aromatic heterocycles. The van der Waals surface area contributed by atoms with Crippen LogP contribution in [0.4, 0.5) is 5.69 Å². The van der Waals surface area contributed by atoms with Crippen molar-refractivity contribution in [3.63, 3.8) is 0 Å². The minimum absolute atomic E-state index is 0.0244. The van der Waals surface area contributed by atoms with E-state index in [-0.39, 0.29) is 30.7 Å². The highest BCUT2D eigenvalue weighted by atomic mass is 16.2. The average molecular weight is 408 g/mol. The van der Waals surface area contributed by atoms with E-state index in [9.17, 15) is 14.4 Å². The summed E-state index contributed by atoms with van der Waals surface area (Å²) in [5.41, 5.74) is 4.03. The molecule has 30 heavy (non-hydrogen) atoms. The molecule has 0 spiro atoms. The summed E-state index contributed by atoms with van der Waals surface area (Å²) < 4.78 is 0. The smallest absolute Gasteiger partial charge is 0.243 e. The number of carbonyl (C=O) groups is 3. The second-order valence-electron chi connectivity index (χ2n) is 7.91. The van der Waals surface area contributed by atoms with E-state index in [1.165, 1.54) is 10.5 Å². The van der Waals surface area contributed by atoms with Crippen LogP contribution in [0.3, 0.4) is 0 Å². The van der Waals surface area contributed by atoms with E-state index < -0.39 is 5.92 Å². The molecule has 2 aromatic rings. The Morgan fingerprint density at radius 2 is 1.83 bits per heavy atom. The van der Waals surface area contributed by atoms with Gasteiger partial charge in [0.15, 0.2) is 0 Å². The Labute approximate surface area is 177 Å². The summed E-state index contributed by atoms with van der Waals surface area (Å²) in [7, 11) is 1.61. The first kappa shape index (κ1) is 21.6. The van der Waals surface area contributed by atoms with Gasteiger partial charge in [-0.3, -0.25) is 14.4 Å². The first-order chi connectivity index (χ1) is 14.4. The lowest BCUT2D eigenvalue weighted by Crippen LogP contribution is -2.39. The van der Waals surface area contributed by atoms with Gasteiger partial charge in [0.05, 0.1) is 12.5 Å². The second kappa shape index (κ2) is 9.57. The zero-order valence-corrected chi connectivity index (χ0v) is 17.9. The molecule has 0 bridgehead atoms. The van der Waals surface area contributed by atoms with Gasteiger partial charge in [-0.25, -0.2) is 0 Å². The number of likely N-dealkylation sites (tertiary alicyclic amines) is 1. The van der Waals surface area contributed by atoms with E-state index in [1.807, 2.05) is 62.4 Å². The molecular formula is C24H29N3O3. The van der Waals surface area contributed by atoms with E-state index in [2.05, 4.69) is 5.32 Å². The highest BCUT2D eigenvalue weighted by Gasteiger charge is 2.36.